The second-order valence-corrected chi connectivity index (χ2v) is 6.58. The minimum atomic E-state index is -0.368. The van der Waals surface area contributed by atoms with E-state index in [-0.39, 0.29) is 11.7 Å². The third kappa shape index (κ3) is 3.44. The van der Waals surface area contributed by atoms with Gasteiger partial charge in [0.15, 0.2) is 0 Å². The molecule has 27 heavy (non-hydrogen) atoms. The fourth-order valence-corrected chi connectivity index (χ4v) is 2.92. The van der Waals surface area contributed by atoms with E-state index in [0.29, 0.717) is 11.3 Å². The molecule has 2 N–H and O–H groups in total. The first-order valence-electron chi connectivity index (χ1n) is 8.64. The molecule has 0 spiro atoms. The largest absolute Gasteiger partial charge is 0.338 e. The van der Waals surface area contributed by atoms with E-state index >= 15 is 0 Å². The summed E-state index contributed by atoms with van der Waals surface area (Å²) in [6, 6.07) is 17.1. The number of nitrogens with zero attached hydrogens (tertiary/aromatic N) is 1. The van der Waals surface area contributed by atoms with Crippen molar-refractivity contribution in [3.05, 3.63) is 83.2 Å². The van der Waals surface area contributed by atoms with Crippen molar-refractivity contribution < 1.29 is 9.18 Å². The third-order valence-corrected chi connectivity index (χ3v) is 4.62. The molecule has 1 heterocycles. The van der Waals surface area contributed by atoms with Crippen molar-refractivity contribution in [2.24, 2.45) is 0 Å². The first-order chi connectivity index (χ1) is 13.0. The van der Waals surface area contributed by atoms with Crippen LogP contribution in [-0.4, -0.2) is 15.9 Å². The summed E-state index contributed by atoms with van der Waals surface area (Å²) in [6.07, 6.45) is 0. The van der Waals surface area contributed by atoms with Gasteiger partial charge in [0.2, 0.25) is 0 Å². The van der Waals surface area contributed by atoms with Crippen molar-refractivity contribution in [1.29, 1.82) is 0 Å². The smallest absolute Gasteiger partial charge is 0.255 e. The second kappa shape index (κ2) is 6.68. The molecule has 0 saturated heterocycles. The normalized spacial score (nSPS) is 10.9. The van der Waals surface area contributed by atoms with Crippen molar-refractivity contribution in [2.75, 3.05) is 5.32 Å². The lowest BCUT2D eigenvalue weighted by Gasteiger charge is -2.06. The highest BCUT2D eigenvalue weighted by molar-refractivity contribution is 6.04. The summed E-state index contributed by atoms with van der Waals surface area (Å²) in [6.45, 7) is 4.15. The summed E-state index contributed by atoms with van der Waals surface area (Å²) >= 11 is 0. The number of aromatic amines is 1. The molecule has 134 valence electrons. The number of aromatic nitrogens is 2. The minimum absolute atomic E-state index is 0.280. The van der Waals surface area contributed by atoms with Gasteiger partial charge in [-0.3, -0.25) is 4.79 Å². The molecule has 4 nitrogen and oxygen atoms in total. The van der Waals surface area contributed by atoms with E-state index in [0.717, 1.165) is 22.4 Å². The summed E-state index contributed by atoms with van der Waals surface area (Å²) in [5.41, 5.74) is 6.36. The van der Waals surface area contributed by atoms with Crippen LogP contribution < -0.4 is 5.32 Å². The number of H-pyrrole nitrogens is 1. The summed E-state index contributed by atoms with van der Waals surface area (Å²) in [4.78, 5) is 20.2. The lowest BCUT2D eigenvalue weighted by molar-refractivity contribution is 0.102. The third-order valence-electron chi connectivity index (χ3n) is 4.62. The van der Waals surface area contributed by atoms with Gasteiger partial charge in [0.1, 0.15) is 11.6 Å². The van der Waals surface area contributed by atoms with E-state index in [9.17, 15) is 9.18 Å². The number of aryl methyl sites for hydroxylation is 2. The molecular formula is C22H18FN3O. The number of anilines is 1. The van der Waals surface area contributed by atoms with E-state index in [4.69, 9.17) is 0 Å². The fraction of sp³-hybridized carbons (Fsp3) is 0.0909. The highest BCUT2D eigenvalue weighted by Gasteiger charge is 2.09. The Morgan fingerprint density at radius 2 is 1.63 bits per heavy atom. The second-order valence-electron chi connectivity index (χ2n) is 6.58. The quantitative estimate of drug-likeness (QED) is 0.526. The molecule has 5 heteroatoms. The fourth-order valence-electron chi connectivity index (χ4n) is 2.92. The topological polar surface area (TPSA) is 57.8 Å². The van der Waals surface area contributed by atoms with E-state index in [2.05, 4.69) is 41.3 Å². The molecule has 0 saturated carbocycles. The Hall–Kier alpha value is -3.47. The highest BCUT2D eigenvalue weighted by atomic mass is 19.1. The van der Waals surface area contributed by atoms with Gasteiger partial charge in [-0.15, -0.1) is 0 Å². The van der Waals surface area contributed by atoms with Gasteiger partial charge in [-0.2, -0.15) is 0 Å². The molecule has 3 aromatic carbocycles. The number of carbonyl (C=O) groups is 1. The Morgan fingerprint density at radius 3 is 2.33 bits per heavy atom. The van der Waals surface area contributed by atoms with Gasteiger partial charge in [-0.1, -0.05) is 0 Å². The summed E-state index contributed by atoms with van der Waals surface area (Å²) in [5, 5.41) is 2.81. The van der Waals surface area contributed by atoms with Crippen molar-refractivity contribution in [3.8, 4) is 11.4 Å². The Kier molecular flexibility index (Phi) is 4.20. The van der Waals surface area contributed by atoms with Gasteiger partial charge in [0, 0.05) is 16.8 Å². The molecular weight excluding hydrogens is 341 g/mol. The van der Waals surface area contributed by atoms with Crippen LogP contribution in [0.15, 0.2) is 60.7 Å². The number of halogens is 1. The number of hydrogen-bond acceptors (Lipinski definition) is 2. The standard InChI is InChI=1S/C22H18FN3O/c1-13-11-19-20(12-14(13)2)26-21(25-19)15-5-9-18(10-6-15)24-22(27)16-3-7-17(23)8-4-16/h3-12H,1-2H3,(H,24,27)(H,25,26). The van der Waals surface area contributed by atoms with E-state index < -0.39 is 0 Å². The number of benzene rings is 3. The molecule has 1 aromatic heterocycles. The lowest BCUT2D eigenvalue weighted by Crippen LogP contribution is -2.11. The van der Waals surface area contributed by atoms with Crippen molar-refractivity contribution in [3.63, 3.8) is 0 Å². The van der Waals surface area contributed by atoms with Gasteiger partial charge < -0.3 is 10.3 Å². The maximum Gasteiger partial charge on any atom is 0.255 e. The van der Waals surface area contributed by atoms with Crippen LogP contribution in [0.25, 0.3) is 22.4 Å². The molecule has 0 fully saturated rings. The molecule has 0 aliphatic heterocycles. The minimum Gasteiger partial charge on any atom is -0.338 e. The SMILES string of the molecule is Cc1cc2nc(-c3ccc(NC(=O)c4ccc(F)cc4)cc3)[nH]c2cc1C. The van der Waals surface area contributed by atoms with Crippen LogP contribution in [0.3, 0.4) is 0 Å². The molecule has 0 aliphatic rings. The average Bonchev–Trinajstić information content (AvgIpc) is 3.06. The molecule has 0 bridgehead atoms. The molecule has 0 unspecified atom stereocenters. The van der Waals surface area contributed by atoms with Gasteiger partial charge in [0.25, 0.3) is 5.91 Å². The van der Waals surface area contributed by atoms with Crippen LogP contribution in [0.1, 0.15) is 21.5 Å². The summed E-state index contributed by atoms with van der Waals surface area (Å²) in [5.74, 6) is 0.135. The number of nitrogens with one attached hydrogen (secondary N) is 2. The average molecular weight is 359 g/mol. The number of rotatable bonds is 3. The van der Waals surface area contributed by atoms with Gasteiger partial charge in [0.05, 0.1) is 11.0 Å². The first-order valence-corrected chi connectivity index (χ1v) is 8.64. The molecule has 0 aliphatic carbocycles. The van der Waals surface area contributed by atoms with Crippen LogP contribution in [0.4, 0.5) is 10.1 Å². The predicted molar refractivity (Wildman–Crippen MR) is 105 cm³/mol. The van der Waals surface area contributed by atoms with Crippen molar-refractivity contribution in [2.45, 2.75) is 13.8 Å². The number of imidazole rings is 1. The zero-order valence-electron chi connectivity index (χ0n) is 15.0. The van der Waals surface area contributed by atoms with E-state index in [1.54, 1.807) is 0 Å². The van der Waals surface area contributed by atoms with Crippen LogP contribution >= 0.6 is 0 Å². The van der Waals surface area contributed by atoms with Crippen LogP contribution in [0.5, 0.6) is 0 Å². The van der Waals surface area contributed by atoms with Crippen molar-refractivity contribution in [1.82, 2.24) is 9.97 Å². The molecule has 4 aromatic rings. The molecule has 4 rings (SSSR count). The Morgan fingerprint density at radius 1 is 0.963 bits per heavy atom. The first kappa shape index (κ1) is 17.0. The monoisotopic (exact) mass is 359 g/mol. The maximum atomic E-state index is 13.0. The Balaban J connectivity index is 1.55. The molecule has 0 atom stereocenters. The number of amides is 1. The summed E-state index contributed by atoms with van der Waals surface area (Å²) in [7, 11) is 0. The van der Waals surface area contributed by atoms with E-state index in [1.807, 2.05) is 24.3 Å². The van der Waals surface area contributed by atoms with Gasteiger partial charge in [-0.05, 0) is 85.6 Å². The summed E-state index contributed by atoms with van der Waals surface area (Å²) < 4.78 is 13.0. The van der Waals surface area contributed by atoms with E-state index in [1.165, 1.54) is 35.4 Å². The predicted octanol–water partition coefficient (Wildman–Crippen LogP) is 5.24. The lowest BCUT2D eigenvalue weighted by atomic mass is 10.1. The zero-order chi connectivity index (χ0) is 19.0. The Labute approximate surface area is 156 Å². The van der Waals surface area contributed by atoms with Crippen LogP contribution in [0, 0.1) is 19.7 Å². The Bertz CT molecular complexity index is 1090. The van der Waals surface area contributed by atoms with Gasteiger partial charge >= 0.3 is 0 Å². The zero-order valence-corrected chi connectivity index (χ0v) is 15.0. The number of carbonyl (C=O) groups excluding carboxylic acids is 1. The molecule has 0 radical (unpaired) electrons. The van der Waals surface area contributed by atoms with Gasteiger partial charge in [-0.25, -0.2) is 9.37 Å². The number of fused-ring (bicyclic) bond motifs is 1. The van der Waals surface area contributed by atoms with Crippen LogP contribution in [0.2, 0.25) is 0 Å². The molecule has 1 amide bonds. The highest BCUT2D eigenvalue weighted by Crippen LogP contribution is 2.24. The van der Waals surface area contributed by atoms with Crippen molar-refractivity contribution >= 4 is 22.6 Å². The van der Waals surface area contributed by atoms with Crippen LogP contribution in [-0.2, 0) is 0 Å². The maximum absolute atomic E-state index is 13.0. The number of hydrogen-bond donors (Lipinski definition) is 2.